The Kier molecular flexibility index (Phi) is 5.75. The lowest BCUT2D eigenvalue weighted by molar-refractivity contribution is 0.0561. The van der Waals surface area contributed by atoms with Crippen LogP contribution in [0.15, 0.2) is 0 Å². The van der Waals surface area contributed by atoms with Gasteiger partial charge in [0.2, 0.25) is 5.82 Å². The van der Waals surface area contributed by atoms with E-state index in [1.54, 1.807) is 0 Å². The Bertz CT molecular complexity index is 698. The van der Waals surface area contributed by atoms with Gasteiger partial charge in [-0.05, 0) is 60.0 Å². The molecule has 0 aromatic carbocycles. The van der Waals surface area contributed by atoms with Gasteiger partial charge in [0.1, 0.15) is 5.82 Å². The zero-order chi connectivity index (χ0) is 19.8. The van der Waals surface area contributed by atoms with Gasteiger partial charge in [-0.1, -0.05) is 13.8 Å². The lowest BCUT2D eigenvalue weighted by Gasteiger charge is -2.37. The van der Waals surface area contributed by atoms with E-state index in [-0.39, 0.29) is 11.4 Å². The number of carbonyl (C=O) groups excluding carboxylic acids is 1. The van der Waals surface area contributed by atoms with Crippen LogP contribution in [-0.2, 0) is 0 Å². The van der Waals surface area contributed by atoms with E-state index in [4.69, 9.17) is 4.98 Å². The zero-order valence-corrected chi connectivity index (χ0v) is 17.9. The van der Waals surface area contributed by atoms with E-state index in [0.29, 0.717) is 11.9 Å². The minimum absolute atomic E-state index is 0.00362. The SMILES string of the molecule is CCC1(CC)CCCN1C(=O)c1nc(C)c(C)c(N2CC[C@@H](N(C)C)C2)n1. The Labute approximate surface area is 164 Å². The second-order valence-corrected chi connectivity index (χ2v) is 8.43. The van der Waals surface area contributed by atoms with Crippen LogP contribution in [0.3, 0.4) is 0 Å². The van der Waals surface area contributed by atoms with Crippen molar-refractivity contribution in [2.75, 3.05) is 38.6 Å². The molecule has 1 aromatic rings. The first-order valence-corrected chi connectivity index (χ1v) is 10.4. The van der Waals surface area contributed by atoms with Crippen molar-refractivity contribution < 1.29 is 4.79 Å². The number of aryl methyl sites for hydroxylation is 1. The first kappa shape index (κ1) is 20.1. The van der Waals surface area contributed by atoms with E-state index >= 15 is 0 Å². The number of amides is 1. The molecule has 150 valence electrons. The van der Waals surface area contributed by atoms with Gasteiger partial charge >= 0.3 is 0 Å². The van der Waals surface area contributed by atoms with Gasteiger partial charge in [-0.3, -0.25) is 4.79 Å². The third-order valence-corrected chi connectivity index (χ3v) is 6.91. The lowest BCUT2D eigenvalue weighted by Crippen LogP contribution is -2.47. The monoisotopic (exact) mass is 373 g/mol. The molecule has 0 bridgehead atoms. The van der Waals surface area contributed by atoms with E-state index < -0.39 is 0 Å². The Morgan fingerprint density at radius 2 is 1.89 bits per heavy atom. The molecule has 0 saturated carbocycles. The highest BCUT2D eigenvalue weighted by Crippen LogP contribution is 2.36. The number of rotatable bonds is 5. The Balaban J connectivity index is 1.91. The Morgan fingerprint density at radius 3 is 2.48 bits per heavy atom. The maximum Gasteiger partial charge on any atom is 0.292 e. The Hall–Kier alpha value is -1.69. The number of likely N-dealkylation sites (N-methyl/N-ethyl adjacent to an activating group) is 1. The van der Waals surface area contributed by atoms with Crippen LogP contribution in [0.2, 0.25) is 0 Å². The molecule has 3 heterocycles. The normalized spacial score (nSPS) is 22.1. The van der Waals surface area contributed by atoms with Gasteiger partial charge in [0.15, 0.2) is 0 Å². The molecule has 1 amide bonds. The van der Waals surface area contributed by atoms with Crippen LogP contribution in [-0.4, -0.2) is 71.0 Å². The molecule has 0 N–H and O–H groups in total. The summed E-state index contributed by atoms with van der Waals surface area (Å²) in [5.41, 5.74) is 1.97. The largest absolute Gasteiger partial charge is 0.355 e. The van der Waals surface area contributed by atoms with Crippen molar-refractivity contribution in [2.24, 2.45) is 0 Å². The summed E-state index contributed by atoms with van der Waals surface area (Å²) in [5.74, 6) is 1.31. The van der Waals surface area contributed by atoms with Gasteiger partial charge in [-0.15, -0.1) is 0 Å². The van der Waals surface area contributed by atoms with E-state index in [1.807, 2.05) is 11.8 Å². The Morgan fingerprint density at radius 1 is 1.19 bits per heavy atom. The molecular formula is C21H35N5O. The van der Waals surface area contributed by atoms with E-state index in [0.717, 1.165) is 68.8 Å². The van der Waals surface area contributed by atoms with Crippen molar-refractivity contribution in [3.05, 3.63) is 17.1 Å². The predicted octanol–water partition coefficient (Wildman–Crippen LogP) is 3.03. The van der Waals surface area contributed by atoms with Crippen LogP contribution in [0.1, 0.15) is 67.8 Å². The average Bonchev–Trinajstić information content (AvgIpc) is 3.30. The van der Waals surface area contributed by atoms with Crippen LogP contribution in [0, 0.1) is 13.8 Å². The van der Waals surface area contributed by atoms with Gasteiger partial charge in [0.25, 0.3) is 5.91 Å². The summed E-state index contributed by atoms with van der Waals surface area (Å²) in [6.07, 6.45) is 5.26. The lowest BCUT2D eigenvalue weighted by atomic mass is 9.90. The molecule has 0 spiro atoms. The quantitative estimate of drug-likeness (QED) is 0.794. The van der Waals surface area contributed by atoms with E-state index in [1.165, 1.54) is 0 Å². The van der Waals surface area contributed by atoms with Crippen molar-refractivity contribution in [3.63, 3.8) is 0 Å². The van der Waals surface area contributed by atoms with Crippen molar-refractivity contribution in [2.45, 2.75) is 71.4 Å². The molecule has 6 heteroatoms. The highest BCUT2D eigenvalue weighted by Gasteiger charge is 2.42. The topological polar surface area (TPSA) is 52.6 Å². The van der Waals surface area contributed by atoms with Crippen LogP contribution in [0.25, 0.3) is 0 Å². The molecule has 6 nitrogen and oxygen atoms in total. The number of hydrogen-bond donors (Lipinski definition) is 0. The molecule has 0 unspecified atom stereocenters. The summed E-state index contributed by atoms with van der Waals surface area (Å²) in [5, 5.41) is 0. The maximum atomic E-state index is 13.4. The molecule has 2 saturated heterocycles. The summed E-state index contributed by atoms with van der Waals surface area (Å²) in [7, 11) is 4.26. The summed E-state index contributed by atoms with van der Waals surface area (Å²) >= 11 is 0. The smallest absolute Gasteiger partial charge is 0.292 e. The first-order chi connectivity index (χ1) is 12.8. The molecule has 2 aliphatic rings. The number of likely N-dealkylation sites (tertiary alicyclic amines) is 1. The van der Waals surface area contributed by atoms with Gasteiger partial charge < -0.3 is 14.7 Å². The molecule has 27 heavy (non-hydrogen) atoms. The molecule has 1 atom stereocenters. The number of aromatic nitrogens is 2. The van der Waals surface area contributed by atoms with Gasteiger partial charge in [-0.25, -0.2) is 9.97 Å². The fraction of sp³-hybridized carbons (Fsp3) is 0.762. The van der Waals surface area contributed by atoms with Gasteiger partial charge in [-0.2, -0.15) is 0 Å². The molecule has 1 aromatic heterocycles. The third kappa shape index (κ3) is 3.56. The fourth-order valence-corrected chi connectivity index (χ4v) is 4.73. The molecule has 0 aliphatic carbocycles. The molecule has 3 rings (SSSR count). The summed E-state index contributed by atoms with van der Waals surface area (Å²) < 4.78 is 0. The fourth-order valence-electron chi connectivity index (χ4n) is 4.73. The zero-order valence-electron chi connectivity index (χ0n) is 17.9. The number of nitrogens with zero attached hydrogens (tertiary/aromatic N) is 5. The minimum Gasteiger partial charge on any atom is -0.355 e. The maximum absolute atomic E-state index is 13.4. The van der Waals surface area contributed by atoms with Crippen molar-refractivity contribution in [3.8, 4) is 0 Å². The highest BCUT2D eigenvalue weighted by atomic mass is 16.2. The van der Waals surface area contributed by atoms with E-state index in [2.05, 4.69) is 49.7 Å². The molecule has 2 fully saturated rings. The van der Waals surface area contributed by atoms with Crippen molar-refractivity contribution in [1.29, 1.82) is 0 Å². The van der Waals surface area contributed by atoms with Gasteiger partial charge in [0, 0.05) is 42.5 Å². The molecular weight excluding hydrogens is 338 g/mol. The van der Waals surface area contributed by atoms with Crippen LogP contribution < -0.4 is 4.90 Å². The average molecular weight is 374 g/mol. The molecule has 2 aliphatic heterocycles. The van der Waals surface area contributed by atoms with Crippen LogP contribution in [0.5, 0.6) is 0 Å². The predicted molar refractivity (Wildman–Crippen MR) is 109 cm³/mol. The van der Waals surface area contributed by atoms with Crippen molar-refractivity contribution in [1.82, 2.24) is 19.8 Å². The van der Waals surface area contributed by atoms with E-state index in [9.17, 15) is 4.79 Å². The molecule has 0 radical (unpaired) electrons. The number of carbonyl (C=O) groups is 1. The number of hydrogen-bond acceptors (Lipinski definition) is 5. The number of anilines is 1. The first-order valence-electron chi connectivity index (χ1n) is 10.4. The summed E-state index contributed by atoms with van der Waals surface area (Å²) in [6.45, 7) is 11.2. The standard InChI is InChI=1S/C21H35N5O/c1-7-21(8-2)11-9-12-26(21)20(27)18-22-16(4)15(3)19(23-18)25-13-10-17(14-25)24(5)6/h17H,7-14H2,1-6H3/t17-/m1/s1. The summed E-state index contributed by atoms with van der Waals surface area (Å²) in [4.78, 5) is 29.4. The third-order valence-electron chi connectivity index (χ3n) is 6.91. The second-order valence-electron chi connectivity index (χ2n) is 8.43. The van der Waals surface area contributed by atoms with Crippen LogP contribution >= 0.6 is 0 Å². The summed E-state index contributed by atoms with van der Waals surface area (Å²) in [6, 6.07) is 0.533. The van der Waals surface area contributed by atoms with Crippen LogP contribution in [0.4, 0.5) is 5.82 Å². The minimum atomic E-state index is -0.0247. The van der Waals surface area contributed by atoms with Crippen molar-refractivity contribution >= 4 is 11.7 Å². The second kappa shape index (κ2) is 7.74. The highest BCUT2D eigenvalue weighted by molar-refractivity contribution is 5.92. The van der Waals surface area contributed by atoms with Gasteiger partial charge in [0.05, 0.1) is 0 Å².